The summed E-state index contributed by atoms with van der Waals surface area (Å²) in [6, 6.07) is 11.6. The van der Waals surface area contributed by atoms with E-state index in [0.29, 0.717) is 40.3 Å². The van der Waals surface area contributed by atoms with Gasteiger partial charge >= 0.3 is 6.18 Å². The first-order valence-corrected chi connectivity index (χ1v) is 14.2. The Morgan fingerprint density at radius 3 is 2.36 bits per heavy atom. The largest absolute Gasteiger partial charge is 0.493 e. The second kappa shape index (κ2) is 13.1. The highest BCUT2D eigenvalue weighted by Crippen LogP contribution is 2.37. The third-order valence-electron chi connectivity index (χ3n) is 7.83. The highest BCUT2D eigenvalue weighted by Gasteiger charge is 2.31. The molecule has 1 unspecified atom stereocenters. The molecule has 232 valence electrons. The number of piperazine rings is 1. The summed E-state index contributed by atoms with van der Waals surface area (Å²) in [5, 5.41) is 0.593. The molecule has 44 heavy (non-hydrogen) atoms. The van der Waals surface area contributed by atoms with Crippen molar-refractivity contribution in [3.05, 3.63) is 83.4 Å². The number of hydrogen-bond acceptors (Lipinski definition) is 7. The number of benzene rings is 3. The van der Waals surface area contributed by atoms with Crippen LogP contribution in [0.3, 0.4) is 0 Å². The van der Waals surface area contributed by atoms with Crippen LogP contribution in [0.1, 0.15) is 29.0 Å². The number of hydrogen-bond donors (Lipinski definition) is 1. The number of carbonyl (C=O) groups is 1. The van der Waals surface area contributed by atoms with Gasteiger partial charge in [0, 0.05) is 55.3 Å². The SMILES string of the molecule is COc1cc2c(-c3ccc(C(C(N)=O)c4ccc(C(F)(F)F)cc4)c(F)c3)ncnc2cc1OCCCN1CCN(C)CC1. The first-order chi connectivity index (χ1) is 21.0. The Hall–Kier alpha value is -4.29. The van der Waals surface area contributed by atoms with Gasteiger partial charge in [-0.05, 0) is 43.3 Å². The zero-order chi connectivity index (χ0) is 31.4. The molecule has 1 aromatic heterocycles. The van der Waals surface area contributed by atoms with Crippen LogP contribution in [0.2, 0.25) is 0 Å². The van der Waals surface area contributed by atoms with Gasteiger partial charge in [-0.25, -0.2) is 14.4 Å². The number of nitrogens with zero attached hydrogens (tertiary/aromatic N) is 4. The molecule has 8 nitrogen and oxygen atoms in total. The Morgan fingerprint density at radius 1 is 1.00 bits per heavy atom. The van der Waals surface area contributed by atoms with Crippen molar-refractivity contribution in [2.45, 2.75) is 18.5 Å². The van der Waals surface area contributed by atoms with Gasteiger partial charge in [0.1, 0.15) is 12.1 Å². The molecule has 0 saturated carbocycles. The second-order valence-electron chi connectivity index (χ2n) is 10.8. The van der Waals surface area contributed by atoms with E-state index >= 15 is 4.39 Å². The molecule has 0 aliphatic carbocycles. The molecular formula is C32H33F4N5O3. The minimum absolute atomic E-state index is 0.0655. The normalized spacial score (nSPS) is 15.3. The van der Waals surface area contributed by atoms with E-state index in [0.717, 1.165) is 63.4 Å². The van der Waals surface area contributed by atoms with Crippen molar-refractivity contribution < 1.29 is 31.8 Å². The standard InChI is InChI=1S/C32H33F4N5O3/c1-40-11-13-41(14-12-40)10-3-15-44-28-18-26-24(17-27(28)43-2)30(39-19-38-26)21-6-9-23(25(33)16-21)29(31(37)42)20-4-7-22(8-5-20)32(34,35)36/h4-9,16-19,29H,3,10-15H2,1-2H3,(H2,37,42). The van der Waals surface area contributed by atoms with Gasteiger partial charge in [0.05, 0.1) is 36.4 Å². The number of amides is 1. The molecule has 0 bridgehead atoms. The molecule has 2 N–H and O–H groups in total. The minimum atomic E-state index is -4.55. The summed E-state index contributed by atoms with van der Waals surface area (Å²) in [5.74, 6) is -1.94. The molecule has 1 aliphatic rings. The van der Waals surface area contributed by atoms with Crippen LogP contribution in [0.4, 0.5) is 17.6 Å². The fourth-order valence-electron chi connectivity index (χ4n) is 5.38. The van der Waals surface area contributed by atoms with Crippen LogP contribution >= 0.6 is 0 Å². The maximum atomic E-state index is 15.6. The summed E-state index contributed by atoms with van der Waals surface area (Å²) in [6.07, 6.45) is -2.33. The average Bonchev–Trinajstić information content (AvgIpc) is 3.00. The van der Waals surface area contributed by atoms with Gasteiger partial charge in [0.2, 0.25) is 5.91 Å². The summed E-state index contributed by atoms with van der Waals surface area (Å²) >= 11 is 0. The first kappa shape index (κ1) is 31.1. The van der Waals surface area contributed by atoms with E-state index in [1.807, 2.05) is 0 Å². The lowest BCUT2D eigenvalue weighted by Gasteiger charge is -2.32. The van der Waals surface area contributed by atoms with Crippen molar-refractivity contribution in [3.8, 4) is 22.8 Å². The number of primary amides is 1. The summed E-state index contributed by atoms with van der Waals surface area (Å²) in [6.45, 7) is 5.62. The van der Waals surface area contributed by atoms with E-state index in [9.17, 15) is 18.0 Å². The van der Waals surface area contributed by atoms with Gasteiger partial charge in [-0.15, -0.1) is 0 Å². The number of fused-ring (bicyclic) bond motifs is 1. The van der Waals surface area contributed by atoms with Gasteiger partial charge in [-0.3, -0.25) is 4.79 Å². The Balaban J connectivity index is 1.37. The lowest BCUT2D eigenvalue weighted by molar-refractivity contribution is -0.137. The summed E-state index contributed by atoms with van der Waals surface area (Å²) in [7, 11) is 3.65. The van der Waals surface area contributed by atoms with Crippen molar-refractivity contribution >= 4 is 16.8 Å². The lowest BCUT2D eigenvalue weighted by Crippen LogP contribution is -2.44. The second-order valence-corrected chi connectivity index (χ2v) is 10.8. The summed E-state index contributed by atoms with van der Waals surface area (Å²) in [5.41, 5.74) is 6.15. The summed E-state index contributed by atoms with van der Waals surface area (Å²) < 4.78 is 66.3. The topological polar surface area (TPSA) is 93.8 Å². The van der Waals surface area contributed by atoms with Crippen molar-refractivity contribution in [3.63, 3.8) is 0 Å². The predicted molar refractivity (Wildman–Crippen MR) is 158 cm³/mol. The highest BCUT2D eigenvalue weighted by molar-refractivity contribution is 5.94. The molecule has 1 aliphatic heterocycles. The number of halogens is 4. The lowest BCUT2D eigenvalue weighted by atomic mass is 9.88. The van der Waals surface area contributed by atoms with Crippen molar-refractivity contribution in [1.82, 2.24) is 19.8 Å². The molecule has 1 saturated heterocycles. The summed E-state index contributed by atoms with van der Waals surface area (Å²) in [4.78, 5) is 25.8. The molecule has 1 fully saturated rings. The van der Waals surface area contributed by atoms with Crippen molar-refractivity contribution in [2.75, 3.05) is 53.5 Å². The van der Waals surface area contributed by atoms with E-state index in [-0.39, 0.29) is 11.1 Å². The quantitative estimate of drug-likeness (QED) is 0.197. The van der Waals surface area contributed by atoms with E-state index in [1.165, 1.54) is 25.6 Å². The Kier molecular flexibility index (Phi) is 9.31. The highest BCUT2D eigenvalue weighted by atomic mass is 19.4. The van der Waals surface area contributed by atoms with E-state index in [4.69, 9.17) is 15.2 Å². The molecule has 1 atom stereocenters. The van der Waals surface area contributed by atoms with Crippen LogP contribution in [0.15, 0.2) is 60.9 Å². The fraction of sp³-hybridized carbons (Fsp3) is 0.344. The van der Waals surface area contributed by atoms with Gasteiger partial charge in [0.15, 0.2) is 11.5 Å². The Morgan fingerprint density at radius 2 is 1.73 bits per heavy atom. The third kappa shape index (κ3) is 6.92. The van der Waals surface area contributed by atoms with Crippen LogP contribution < -0.4 is 15.2 Å². The number of aromatic nitrogens is 2. The van der Waals surface area contributed by atoms with Gasteiger partial charge in [0.25, 0.3) is 0 Å². The number of ether oxygens (including phenoxy) is 2. The smallest absolute Gasteiger partial charge is 0.416 e. The molecule has 0 spiro atoms. The van der Waals surface area contributed by atoms with Crippen LogP contribution in [0.25, 0.3) is 22.2 Å². The predicted octanol–water partition coefficient (Wildman–Crippen LogP) is 5.10. The number of methoxy groups -OCH3 is 1. The molecular weight excluding hydrogens is 578 g/mol. The van der Waals surface area contributed by atoms with Crippen LogP contribution in [-0.4, -0.2) is 79.2 Å². The molecule has 0 radical (unpaired) electrons. The van der Waals surface area contributed by atoms with E-state index in [2.05, 4.69) is 26.8 Å². The van der Waals surface area contributed by atoms with Crippen LogP contribution in [0.5, 0.6) is 11.5 Å². The maximum Gasteiger partial charge on any atom is 0.416 e. The molecule has 12 heteroatoms. The van der Waals surface area contributed by atoms with Gasteiger partial charge < -0.3 is 25.0 Å². The number of likely N-dealkylation sites (N-methyl/N-ethyl adjacent to an activating group) is 1. The van der Waals surface area contributed by atoms with Crippen molar-refractivity contribution in [1.29, 1.82) is 0 Å². The number of carbonyl (C=O) groups excluding carboxylic acids is 1. The number of alkyl halides is 3. The van der Waals surface area contributed by atoms with Crippen LogP contribution in [0, 0.1) is 5.82 Å². The number of rotatable bonds is 10. The number of nitrogens with two attached hydrogens (primary N) is 1. The van der Waals surface area contributed by atoms with E-state index in [1.54, 1.807) is 18.2 Å². The monoisotopic (exact) mass is 611 g/mol. The van der Waals surface area contributed by atoms with Crippen molar-refractivity contribution in [2.24, 2.45) is 5.73 Å². The van der Waals surface area contributed by atoms with Crippen LogP contribution in [-0.2, 0) is 11.0 Å². The fourth-order valence-corrected chi connectivity index (χ4v) is 5.38. The Labute approximate surface area is 252 Å². The molecule has 3 aromatic carbocycles. The van der Waals surface area contributed by atoms with E-state index < -0.39 is 29.4 Å². The molecule has 4 aromatic rings. The molecule has 2 heterocycles. The minimum Gasteiger partial charge on any atom is -0.493 e. The third-order valence-corrected chi connectivity index (χ3v) is 7.83. The molecule has 5 rings (SSSR count). The van der Waals surface area contributed by atoms with Gasteiger partial charge in [-0.2, -0.15) is 13.2 Å². The average molecular weight is 612 g/mol. The zero-order valence-corrected chi connectivity index (χ0v) is 24.4. The molecule has 1 amide bonds. The maximum absolute atomic E-state index is 15.6. The van der Waals surface area contributed by atoms with Gasteiger partial charge in [-0.1, -0.05) is 24.3 Å². The Bertz CT molecular complexity index is 1620. The first-order valence-electron chi connectivity index (χ1n) is 14.2. The zero-order valence-electron chi connectivity index (χ0n) is 24.4.